The van der Waals surface area contributed by atoms with Gasteiger partial charge in [-0.3, -0.25) is 9.78 Å². The first-order valence-electron chi connectivity index (χ1n) is 9.86. The first-order chi connectivity index (χ1) is 14.3. The highest BCUT2D eigenvalue weighted by Gasteiger charge is 2.41. The van der Waals surface area contributed by atoms with Crippen LogP contribution in [-0.2, 0) is 0 Å². The van der Waals surface area contributed by atoms with E-state index >= 15 is 0 Å². The maximum atomic E-state index is 13.0. The summed E-state index contributed by atoms with van der Waals surface area (Å²) in [5.74, 6) is -0.887. The standard InChI is InChI=1S/C20H24F3N3O2.CH4O/c1-3-6-24-19(27)14-9-13-10-16(28-2)11-17(18(13)25-12-14)26-7-4-15(5-8-26)20(21,22)23;1-2/h9-12,15H,3-8H2,1-2H3,(H,24,27);2H,1H3. The molecule has 1 aromatic carbocycles. The van der Waals surface area contributed by atoms with Crippen molar-refractivity contribution in [3.63, 3.8) is 0 Å². The average molecular weight is 427 g/mol. The minimum absolute atomic E-state index is 0.0553. The number of methoxy groups -OCH3 is 1. The van der Waals surface area contributed by atoms with E-state index in [1.165, 1.54) is 13.3 Å². The van der Waals surface area contributed by atoms with E-state index in [2.05, 4.69) is 10.3 Å². The van der Waals surface area contributed by atoms with E-state index in [1.54, 1.807) is 18.2 Å². The number of piperidine rings is 1. The van der Waals surface area contributed by atoms with Crippen LogP contribution in [0.4, 0.5) is 18.9 Å². The monoisotopic (exact) mass is 427 g/mol. The second kappa shape index (κ2) is 10.5. The molecule has 0 spiro atoms. The maximum Gasteiger partial charge on any atom is 0.391 e. The summed E-state index contributed by atoms with van der Waals surface area (Å²) < 4.78 is 44.2. The number of anilines is 1. The van der Waals surface area contributed by atoms with Crippen LogP contribution in [-0.4, -0.2) is 56.0 Å². The minimum atomic E-state index is -4.15. The van der Waals surface area contributed by atoms with Gasteiger partial charge >= 0.3 is 6.18 Å². The van der Waals surface area contributed by atoms with E-state index in [0.29, 0.717) is 36.5 Å². The molecule has 2 heterocycles. The Labute approximate surface area is 174 Å². The summed E-state index contributed by atoms with van der Waals surface area (Å²) >= 11 is 0. The van der Waals surface area contributed by atoms with Crippen LogP contribution in [0.1, 0.15) is 36.5 Å². The van der Waals surface area contributed by atoms with Crippen molar-refractivity contribution in [1.29, 1.82) is 0 Å². The van der Waals surface area contributed by atoms with Gasteiger partial charge < -0.3 is 20.1 Å². The minimum Gasteiger partial charge on any atom is -0.497 e. The van der Waals surface area contributed by atoms with E-state index < -0.39 is 12.1 Å². The molecule has 0 unspecified atom stereocenters. The van der Waals surface area contributed by atoms with Gasteiger partial charge in [0.2, 0.25) is 0 Å². The van der Waals surface area contributed by atoms with Crippen molar-refractivity contribution in [2.45, 2.75) is 32.4 Å². The Morgan fingerprint density at radius 2 is 1.93 bits per heavy atom. The molecule has 0 bridgehead atoms. The van der Waals surface area contributed by atoms with Crippen LogP contribution in [0.25, 0.3) is 10.9 Å². The van der Waals surface area contributed by atoms with Crippen LogP contribution in [0.5, 0.6) is 5.75 Å². The number of rotatable bonds is 5. The molecule has 1 saturated heterocycles. The van der Waals surface area contributed by atoms with Crippen molar-refractivity contribution in [1.82, 2.24) is 10.3 Å². The number of carbonyl (C=O) groups is 1. The van der Waals surface area contributed by atoms with Gasteiger partial charge in [-0.1, -0.05) is 6.92 Å². The predicted molar refractivity (Wildman–Crippen MR) is 110 cm³/mol. The number of amides is 1. The van der Waals surface area contributed by atoms with E-state index in [1.807, 2.05) is 11.8 Å². The number of alkyl halides is 3. The summed E-state index contributed by atoms with van der Waals surface area (Å²) in [5.41, 5.74) is 1.82. The molecular weight excluding hydrogens is 399 g/mol. The topological polar surface area (TPSA) is 74.7 Å². The predicted octanol–water partition coefficient (Wildman–Crippen LogP) is 3.77. The van der Waals surface area contributed by atoms with Crippen LogP contribution < -0.4 is 15.0 Å². The van der Waals surface area contributed by atoms with Gasteiger partial charge in [-0.15, -0.1) is 0 Å². The number of aliphatic hydroxyl groups excluding tert-OH is 1. The van der Waals surface area contributed by atoms with Gasteiger partial charge in [-0.2, -0.15) is 13.2 Å². The summed E-state index contributed by atoms with van der Waals surface area (Å²) in [6, 6.07) is 5.31. The quantitative estimate of drug-likeness (QED) is 0.760. The van der Waals surface area contributed by atoms with Crippen molar-refractivity contribution in [2.75, 3.05) is 38.8 Å². The average Bonchev–Trinajstić information content (AvgIpc) is 2.77. The number of nitrogens with one attached hydrogen (secondary N) is 1. The summed E-state index contributed by atoms with van der Waals surface area (Å²) in [5, 5.41) is 10.5. The van der Waals surface area contributed by atoms with Crippen LogP contribution in [0.15, 0.2) is 24.4 Å². The fourth-order valence-corrected chi connectivity index (χ4v) is 3.48. The van der Waals surface area contributed by atoms with Gasteiger partial charge in [0, 0.05) is 44.4 Å². The third-order valence-electron chi connectivity index (χ3n) is 5.07. The maximum absolute atomic E-state index is 13.0. The number of pyridine rings is 1. The van der Waals surface area contributed by atoms with Crippen LogP contribution in [0.3, 0.4) is 0 Å². The molecule has 2 N–H and O–H groups in total. The summed E-state index contributed by atoms with van der Waals surface area (Å²) in [4.78, 5) is 18.6. The van der Waals surface area contributed by atoms with Crippen LogP contribution >= 0.6 is 0 Å². The third-order valence-corrected chi connectivity index (χ3v) is 5.07. The Morgan fingerprint density at radius 1 is 1.27 bits per heavy atom. The molecule has 1 amide bonds. The molecule has 0 atom stereocenters. The summed E-state index contributed by atoms with van der Waals surface area (Å²) in [6.07, 6.45) is -1.70. The number of fused-ring (bicyclic) bond motifs is 1. The second-order valence-corrected chi connectivity index (χ2v) is 7.00. The summed E-state index contributed by atoms with van der Waals surface area (Å²) in [6.45, 7) is 3.14. The van der Waals surface area contributed by atoms with E-state index in [9.17, 15) is 18.0 Å². The lowest BCUT2D eigenvalue weighted by atomic mass is 9.95. The molecule has 0 radical (unpaired) electrons. The number of carbonyl (C=O) groups excluding carboxylic acids is 1. The number of benzene rings is 1. The highest BCUT2D eigenvalue weighted by atomic mass is 19.4. The van der Waals surface area contributed by atoms with Crippen LogP contribution in [0, 0.1) is 5.92 Å². The van der Waals surface area contributed by atoms with Crippen molar-refractivity contribution in [3.8, 4) is 5.75 Å². The number of halogens is 3. The van der Waals surface area contributed by atoms with E-state index in [4.69, 9.17) is 9.84 Å². The molecule has 3 rings (SSSR count). The lowest BCUT2D eigenvalue weighted by Crippen LogP contribution is -2.39. The van der Waals surface area contributed by atoms with Gasteiger partial charge in [-0.05, 0) is 31.4 Å². The first-order valence-corrected chi connectivity index (χ1v) is 9.86. The Bertz CT molecular complexity index is 850. The molecule has 1 aromatic heterocycles. The molecule has 2 aromatic rings. The number of ether oxygens (including phenoxy) is 1. The number of nitrogens with zero attached hydrogens (tertiary/aromatic N) is 2. The van der Waals surface area contributed by atoms with Crippen molar-refractivity contribution < 1.29 is 27.8 Å². The normalized spacial score (nSPS) is 14.8. The number of hydrogen-bond donors (Lipinski definition) is 2. The smallest absolute Gasteiger partial charge is 0.391 e. The highest BCUT2D eigenvalue weighted by Crippen LogP contribution is 2.38. The molecular formula is C21H28F3N3O3. The molecule has 1 aliphatic rings. The molecule has 30 heavy (non-hydrogen) atoms. The molecule has 0 saturated carbocycles. The van der Waals surface area contributed by atoms with Gasteiger partial charge in [0.15, 0.2) is 0 Å². The zero-order valence-corrected chi connectivity index (χ0v) is 17.4. The van der Waals surface area contributed by atoms with Crippen molar-refractivity contribution in [2.24, 2.45) is 5.92 Å². The Balaban J connectivity index is 0.00000155. The first kappa shape index (κ1) is 23.7. The molecule has 1 aliphatic heterocycles. The number of aromatic nitrogens is 1. The lowest BCUT2D eigenvalue weighted by Gasteiger charge is -2.34. The zero-order chi connectivity index (χ0) is 22.3. The zero-order valence-electron chi connectivity index (χ0n) is 17.4. The van der Waals surface area contributed by atoms with Gasteiger partial charge in [-0.25, -0.2) is 0 Å². The van der Waals surface area contributed by atoms with Crippen molar-refractivity contribution in [3.05, 3.63) is 30.0 Å². The Kier molecular flexibility index (Phi) is 8.28. The van der Waals surface area contributed by atoms with Crippen LogP contribution in [0.2, 0.25) is 0 Å². The SMILES string of the molecule is CCCNC(=O)c1cnc2c(N3CCC(C(F)(F)F)CC3)cc(OC)cc2c1.CO. The van der Waals surface area contributed by atoms with Gasteiger partial charge in [0.25, 0.3) is 5.91 Å². The largest absolute Gasteiger partial charge is 0.497 e. The highest BCUT2D eigenvalue weighted by molar-refractivity contribution is 6.00. The summed E-state index contributed by atoms with van der Waals surface area (Å²) in [7, 11) is 2.53. The fourth-order valence-electron chi connectivity index (χ4n) is 3.48. The number of aliphatic hydroxyl groups is 1. The molecule has 0 aliphatic carbocycles. The van der Waals surface area contributed by atoms with E-state index in [-0.39, 0.29) is 18.7 Å². The Hall–Kier alpha value is -2.55. The fraction of sp³-hybridized carbons (Fsp3) is 0.524. The lowest BCUT2D eigenvalue weighted by molar-refractivity contribution is -0.179. The van der Waals surface area contributed by atoms with Gasteiger partial charge in [0.05, 0.1) is 29.8 Å². The molecule has 6 nitrogen and oxygen atoms in total. The van der Waals surface area contributed by atoms with Crippen molar-refractivity contribution >= 4 is 22.5 Å². The second-order valence-electron chi connectivity index (χ2n) is 7.00. The van der Waals surface area contributed by atoms with E-state index in [0.717, 1.165) is 24.6 Å². The number of hydrogen-bond acceptors (Lipinski definition) is 5. The Morgan fingerprint density at radius 3 is 2.50 bits per heavy atom. The van der Waals surface area contributed by atoms with Gasteiger partial charge in [0.1, 0.15) is 5.75 Å². The molecule has 9 heteroatoms. The molecule has 1 fully saturated rings. The third kappa shape index (κ3) is 5.53. The molecule has 166 valence electrons.